The van der Waals surface area contributed by atoms with Gasteiger partial charge in [-0.25, -0.2) is 0 Å². The highest BCUT2D eigenvalue weighted by Crippen LogP contribution is 2.54. The molecule has 0 aromatic heterocycles. The third-order valence-corrected chi connectivity index (χ3v) is 6.74. The Morgan fingerprint density at radius 1 is 1.00 bits per heavy atom. The lowest BCUT2D eigenvalue weighted by Gasteiger charge is -2.45. The summed E-state index contributed by atoms with van der Waals surface area (Å²) in [5.74, 6) is -0.633. The second-order valence-corrected chi connectivity index (χ2v) is 8.45. The van der Waals surface area contributed by atoms with Crippen molar-refractivity contribution in [2.45, 2.75) is 25.8 Å². The van der Waals surface area contributed by atoms with Crippen LogP contribution >= 0.6 is 0 Å². The van der Waals surface area contributed by atoms with Crippen LogP contribution < -0.4 is 5.73 Å². The molecule has 2 aromatic rings. The molecule has 0 radical (unpaired) electrons. The molecule has 2 N–H and O–H groups in total. The molecule has 0 spiro atoms. The average Bonchev–Trinajstić information content (AvgIpc) is 2.84. The molecular formula is C27H25N5. The number of aryl methyl sites for hydroxylation is 1. The molecule has 0 fully saturated rings. The maximum Gasteiger partial charge on any atom is 0.191 e. The van der Waals surface area contributed by atoms with Gasteiger partial charge in [0.05, 0.1) is 23.4 Å². The van der Waals surface area contributed by atoms with Crippen molar-refractivity contribution in [3.8, 4) is 18.2 Å². The molecule has 5 heteroatoms. The first-order valence-electron chi connectivity index (χ1n) is 10.9. The van der Waals surface area contributed by atoms with Crippen molar-refractivity contribution >= 4 is 0 Å². The highest BCUT2D eigenvalue weighted by molar-refractivity contribution is 5.59. The fourth-order valence-electron chi connectivity index (χ4n) is 5.05. The smallest absolute Gasteiger partial charge is 0.191 e. The van der Waals surface area contributed by atoms with E-state index in [-0.39, 0.29) is 11.6 Å². The van der Waals surface area contributed by atoms with Crippen LogP contribution in [-0.4, -0.2) is 18.0 Å². The minimum atomic E-state index is -1.59. The van der Waals surface area contributed by atoms with Crippen LogP contribution in [0.3, 0.4) is 0 Å². The van der Waals surface area contributed by atoms with Gasteiger partial charge in [0, 0.05) is 31.5 Å². The number of hydrogen-bond donors (Lipinski definition) is 1. The molecule has 4 rings (SSSR count). The summed E-state index contributed by atoms with van der Waals surface area (Å²) in [6.07, 6.45) is 2.96. The Morgan fingerprint density at radius 2 is 1.69 bits per heavy atom. The van der Waals surface area contributed by atoms with Gasteiger partial charge in [-0.2, -0.15) is 15.8 Å². The van der Waals surface area contributed by atoms with Gasteiger partial charge in [0.2, 0.25) is 0 Å². The van der Waals surface area contributed by atoms with E-state index in [0.29, 0.717) is 18.7 Å². The van der Waals surface area contributed by atoms with Crippen molar-refractivity contribution in [1.29, 1.82) is 15.8 Å². The Kier molecular flexibility index (Phi) is 5.83. The Labute approximate surface area is 189 Å². The predicted molar refractivity (Wildman–Crippen MR) is 122 cm³/mol. The Balaban J connectivity index is 1.83. The van der Waals surface area contributed by atoms with Crippen LogP contribution in [0.25, 0.3) is 0 Å². The van der Waals surface area contributed by atoms with Gasteiger partial charge < -0.3 is 5.73 Å². The molecule has 2 aliphatic rings. The maximum absolute atomic E-state index is 10.2. The van der Waals surface area contributed by atoms with E-state index in [1.54, 1.807) is 0 Å². The molecule has 158 valence electrons. The molecule has 5 nitrogen and oxygen atoms in total. The molecule has 2 aromatic carbocycles. The summed E-state index contributed by atoms with van der Waals surface area (Å²) in [7, 11) is 0. The van der Waals surface area contributed by atoms with Crippen molar-refractivity contribution in [2.75, 3.05) is 13.1 Å². The lowest BCUT2D eigenvalue weighted by Crippen LogP contribution is -2.47. The van der Waals surface area contributed by atoms with Crippen LogP contribution in [0.1, 0.15) is 29.5 Å². The van der Waals surface area contributed by atoms with Gasteiger partial charge in [0.1, 0.15) is 6.07 Å². The number of benzene rings is 2. The van der Waals surface area contributed by atoms with Gasteiger partial charge in [-0.05, 0) is 28.7 Å². The molecule has 0 saturated heterocycles. The lowest BCUT2D eigenvalue weighted by molar-refractivity contribution is 0.201. The highest BCUT2D eigenvalue weighted by Gasteiger charge is 2.54. The largest absolute Gasteiger partial charge is 0.399 e. The second-order valence-electron chi connectivity index (χ2n) is 8.45. The summed E-state index contributed by atoms with van der Waals surface area (Å²) in [4.78, 5) is 2.30. The standard InChI is InChI=1S/C27H25N5/c1-2-19-8-10-21(11-9-19)25-24-16-32(15-20-6-4-3-5-7-20)13-12-22(24)23(14-28)26(31)27(25,17-29)18-30/h3-12,24-25H,2,13,15-16,31H2,1H3. The molecule has 1 aliphatic heterocycles. The minimum Gasteiger partial charge on any atom is -0.399 e. The summed E-state index contributed by atoms with van der Waals surface area (Å²) < 4.78 is 0. The number of allylic oxidation sites excluding steroid dienone is 2. The first-order valence-corrected chi connectivity index (χ1v) is 10.9. The van der Waals surface area contributed by atoms with E-state index >= 15 is 0 Å². The first-order chi connectivity index (χ1) is 15.6. The number of fused-ring (bicyclic) bond motifs is 1. The van der Waals surface area contributed by atoms with Gasteiger partial charge in [-0.15, -0.1) is 0 Å². The zero-order valence-electron chi connectivity index (χ0n) is 18.1. The van der Waals surface area contributed by atoms with E-state index in [1.807, 2.05) is 42.5 Å². The van der Waals surface area contributed by atoms with E-state index in [9.17, 15) is 15.8 Å². The molecule has 1 aliphatic carbocycles. The topological polar surface area (TPSA) is 101 Å². The Morgan fingerprint density at radius 3 is 2.28 bits per heavy atom. The zero-order chi connectivity index (χ0) is 22.7. The van der Waals surface area contributed by atoms with Gasteiger partial charge in [0.25, 0.3) is 0 Å². The number of nitriles is 3. The molecular weight excluding hydrogens is 394 g/mol. The first kappa shape index (κ1) is 21.4. The molecule has 1 heterocycles. The number of rotatable bonds is 4. The van der Waals surface area contributed by atoms with Crippen LogP contribution in [0.2, 0.25) is 0 Å². The van der Waals surface area contributed by atoms with E-state index in [0.717, 1.165) is 24.1 Å². The van der Waals surface area contributed by atoms with Gasteiger partial charge in [-0.1, -0.05) is 67.6 Å². The van der Waals surface area contributed by atoms with Crippen molar-refractivity contribution in [3.63, 3.8) is 0 Å². The quantitative estimate of drug-likeness (QED) is 0.801. The van der Waals surface area contributed by atoms with Crippen molar-refractivity contribution in [3.05, 3.63) is 94.2 Å². The normalized spacial score (nSPS) is 22.1. The fourth-order valence-corrected chi connectivity index (χ4v) is 5.05. The van der Waals surface area contributed by atoms with Gasteiger partial charge in [0.15, 0.2) is 5.41 Å². The number of hydrogen-bond acceptors (Lipinski definition) is 5. The zero-order valence-corrected chi connectivity index (χ0v) is 18.1. The lowest BCUT2D eigenvalue weighted by atomic mass is 9.58. The number of nitrogens with two attached hydrogens (primary N) is 1. The maximum atomic E-state index is 10.2. The van der Waals surface area contributed by atoms with Crippen LogP contribution in [0.4, 0.5) is 0 Å². The average molecular weight is 420 g/mol. The van der Waals surface area contributed by atoms with E-state index < -0.39 is 11.3 Å². The molecule has 0 amide bonds. The summed E-state index contributed by atoms with van der Waals surface area (Å²) >= 11 is 0. The summed E-state index contributed by atoms with van der Waals surface area (Å²) in [5, 5.41) is 30.3. The van der Waals surface area contributed by atoms with Crippen LogP contribution in [-0.2, 0) is 13.0 Å². The van der Waals surface area contributed by atoms with Crippen LogP contribution in [0.5, 0.6) is 0 Å². The van der Waals surface area contributed by atoms with Gasteiger partial charge >= 0.3 is 0 Å². The Hall–Kier alpha value is -3.85. The molecule has 2 unspecified atom stereocenters. The molecule has 0 saturated carbocycles. The number of nitrogens with zero attached hydrogens (tertiary/aromatic N) is 4. The third kappa shape index (κ3) is 3.46. The summed E-state index contributed by atoms with van der Waals surface area (Å²) in [5.41, 5.74) is 9.33. The van der Waals surface area contributed by atoms with E-state index in [4.69, 9.17) is 5.73 Å². The monoisotopic (exact) mass is 419 g/mol. The van der Waals surface area contributed by atoms with Crippen molar-refractivity contribution in [1.82, 2.24) is 4.90 Å². The minimum absolute atomic E-state index is 0.0774. The third-order valence-electron chi connectivity index (χ3n) is 6.74. The predicted octanol–water partition coefficient (Wildman–Crippen LogP) is 4.17. The van der Waals surface area contributed by atoms with Crippen LogP contribution in [0, 0.1) is 45.3 Å². The molecule has 0 bridgehead atoms. The van der Waals surface area contributed by atoms with Gasteiger partial charge in [-0.3, -0.25) is 4.90 Å². The summed E-state index contributed by atoms with van der Waals surface area (Å²) in [6, 6.07) is 24.9. The van der Waals surface area contributed by atoms with Crippen molar-refractivity contribution < 1.29 is 0 Å². The van der Waals surface area contributed by atoms with E-state index in [1.165, 1.54) is 11.1 Å². The highest BCUT2D eigenvalue weighted by atomic mass is 15.1. The SMILES string of the molecule is CCc1ccc(C2C3CN(Cc4ccccc4)CC=C3C(C#N)=C(N)C2(C#N)C#N)cc1. The second kappa shape index (κ2) is 8.72. The molecule has 32 heavy (non-hydrogen) atoms. The molecule has 2 atom stereocenters. The Bertz CT molecular complexity index is 1170. The summed E-state index contributed by atoms with van der Waals surface area (Å²) in [6.45, 7) is 4.18. The fraction of sp³-hybridized carbons (Fsp3) is 0.296. The van der Waals surface area contributed by atoms with E-state index in [2.05, 4.69) is 48.2 Å². The van der Waals surface area contributed by atoms with Crippen molar-refractivity contribution in [2.24, 2.45) is 17.1 Å². The van der Waals surface area contributed by atoms with Crippen LogP contribution in [0.15, 0.2) is 77.5 Å².